The molecular formula is C20H17N3O6. The van der Waals surface area contributed by atoms with Crippen LogP contribution in [0.3, 0.4) is 0 Å². The Morgan fingerprint density at radius 2 is 2.07 bits per heavy atom. The molecular weight excluding hydrogens is 378 g/mol. The minimum absolute atomic E-state index is 0.0119. The van der Waals surface area contributed by atoms with Gasteiger partial charge in [0, 0.05) is 6.07 Å². The topological polar surface area (TPSA) is 142 Å². The number of hydrogen-bond acceptors (Lipinski definition) is 8. The van der Waals surface area contributed by atoms with Crippen LogP contribution < -0.4 is 5.73 Å². The minimum atomic E-state index is -0.954. The van der Waals surface area contributed by atoms with E-state index in [0.717, 1.165) is 0 Å². The molecule has 0 saturated carbocycles. The number of rotatable bonds is 5. The number of benzene rings is 1. The van der Waals surface area contributed by atoms with Gasteiger partial charge >= 0.3 is 5.97 Å². The van der Waals surface area contributed by atoms with Gasteiger partial charge in [0.05, 0.1) is 28.6 Å². The molecule has 9 nitrogen and oxygen atoms in total. The van der Waals surface area contributed by atoms with Gasteiger partial charge in [0.2, 0.25) is 5.88 Å². The lowest BCUT2D eigenvalue weighted by molar-refractivity contribution is -0.384. The first-order valence-corrected chi connectivity index (χ1v) is 8.68. The van der Waals surface area contributed by atoms with Gasteiger partial charge in [-0.15, -0.1) is 0 Å². The zero-order valence-electron chi connectivity index (χ0n) is 15.7. The standard InChI is InChI=1S/C20H17N3O6/c1-3-27-20(24)17-11(2)28-19(22)13(10-21)18(17)16-9-8-15(29-16)12-6-4-5-7-14(12)23(25)26/h4-9,18H,3,22H2,1-2H3/t18-/m1/s1. The quantitative estimate of drug-likeness (QED) is 0.460. The molecule has 9 heteroatoms. The Balaban J connectivity index is 2.13. The lowest BCUT2D eigenvalue weighted by Gasteiger charge is -2.25. The zero-order valence-corrected chi connectivity index (χ0v) is 15.7. The number of nitrogens with zero attached hydrogens (tertiary/aromatic N) is 2. The zero-order chi connectivity index (χ0) is 21.1. The molecule has 1 aromatic heterocycles. The fourth-order valence-corrected chi connectivity index (χ4v) is 3.13. The Morgan fingerprint density at radius 3 is 2.72 bits per heavy atom. The molecule has 0 aliphatic carbocycles. The number of nitro benzene ring substituents is 1. The highest BCUT2D eigenvalue weighted by atomic mass is 16.6. The molecule has 2 heterocycles. The fourth-order valence-electron chi connectivity index (χ4n) is 3.13. The van der Waals surface area contributed by atoms with Crippen LogP contribution in [0.1, 0.15) is 25.5 Å². The second-order valence-electron chi connectivity index (χ2n) is 6.09. The SMILES string of the molecule is CCOC(=O)C1=C(C)OC(N)=C(C#N)[C@@H]1c1ccc(-c2ccccc2[N+](=O)[O-])o1. The van der Waals surface area contributed by atoms with Crippen LogP contribution in [0.5, 0.6) is 0 Å². The maximum Gasteiger partial charge on any atom is 0.338 e. The van der Waals surface area contributed by atoms with Crippen LogP contribution in [0.2, 0.25) is 0 Å². The molecule has 1 aliphatic rings. The Kier molecular flexibility index (Phi) is 5.36. The van der Waals surface area contributed by atoms with E-state index in [4.69, 9.17) is 19.6 Å². The third-order valence-corrected chi connectivity index (χ3v) is 4.38. The molecule has 0 amide bonds. The molecule has 1 aliphatic heterocycles. The molecule has 148 valence electrons. The van der Waals surface area contributed by atoms with Gasteiger partial charge in [-0.2, -0.15) is 5.26 Å². The van der Waals surface area contributed by atoms with Crippen LogP contribution in [0, 0.1) is 21.4 Å². The number of nitrogens with two attached hydrogens (primary N) is 1. The predicted molar refractivity (Wildman–Crippen MR) is 101 cm³/mol. The number of allylic oxidation sites excluding steroid dienone is 2. The van der Waals surface area contributed by atoms with E-state index < -0.39 is 16.8 Å². The number of carbonyl (C=O) groups excluding carboxylic acids is 1. The van der Waals surface area contributed by atoms with Crippen LogP contribution in [-0.4, -0.2) is 17.5 Å². The Bertz CT molecular complexity index is 1090. The van der Waals surface area contributed by atoms with Gasteiger partial charge in [0.1, 0.15) is 28.9 Å². The van der Waals surface area contributed by atoms with Crippen LogP contribution in [0.25, 0.3) is 11.3 Å². The van der Waals surface area contributed by atoms with E-state index in [-0.39, 0.29) is 52.2 Å². The summed E-state index contributed by atoms with van der Waals surface area (Å²) < 4.78 is 16.3. The first-order chi connectivity index (χ1) is 13.9. The highest BCUT2D eigenvalue weighted by Crippen LogP contribution is 2.42. The summed E-state index contributed by atoms with van der Waals surface area (Å²) in [6.45, 7) is 3.32. The summed E-state index contributed by atoms with van der Waals surface area (Å²) in [6.07, 6.45) is 0. The van der Waals surface area contributed by atoms with Crippen LogP contribution in [0.15, 0.2) is 63.6 Å². The van der Waals surface area contributed by atoms with Crippen LogP contribution in [0.4, 0.5) is 5.69 Å². The number of nitriles is 1. The molecule has 0 spiro atoms. The van der Waals surface area contributed by atoms with Gasteiger partial charge in [-0.25, -0.2) is 4.79 Å². The summed E-state index contributed by atoms with van der Waals surface area (Å²) in [6, 6.07) is 11.1. The summed E-state index contributed by atoms with van der Waals surface area (Å²) in [4.78, 5) is 23.3. The number of esters is 1. The van der Waals surface area contributed by atoms with Gasteiger partial charge in [0.25, 0.3) is 5.69 Å². The minimum Gasteiger partial charge on any atom is -0.463 e. The van der Waals surface area contributed by atoms with Crippen molar-refractivity contribution in [3.05, 3.63) is 75.1 Å². The van der Waals surface area contributed by atoms with Gasteiger partial charge in [-0.05, 0) is 32.0 Å². The van der Waals surface area contributed by atoms with Crippen molar-refractivity contribution in [3.63, 3.8) is 0 Å². The average Bonchev–Trinajstić information content (AvgIpc) is 3.17. The first kappa shape index (κ1) is 19.7. The van der Waals surface area contributed by atoms with Gasteiger partial charge in [0.15, 0.2) is 0 Å². The summed E-state index contributed by atoms with van der Waals surface area (Å²) in [7, 11) is 0. The lowest BCUT2D eigenvalue weighted by atomic mass is 9.87. The van der Waals surface area contributed by atoms with Crippen molar-refractivity contribution < 1.29 is 23.6 Å². The van der Waals surface area contributed by atoms with Crippen LogP contribution >= 0.6 is 0 Å². The Labute approximate surface area is 165 Å². The molecule has 3 rings (SSSR count). The summed E-state index contributed by atoms with van der Waals surface area (Å²) in [5.74, 6) is -1.15. The summed E-state index contributed by atoms with van der Waals surface area (Å²) in [5, 5.41) is 20.9. The highest BCUT2D eigenvalue weighted by molar-refractivity contribution is 5.92. The Hall–Kier alpha value is -4.06. The number of carbonyl (C=O) groups is 1. The maximum atomic E-state index is 12.5. The third kappa shape index (κ3) is 3.55. The number of furan rings is 1. The van der Waals surface area contributed by atoms with E-state index in [1.54, 1.807) is 31.2 Å². The van der Waals surface area contributed by atoms with E-state index in [0.29, 0.717) is 0 Å². The van der Waals surface area contributed by atoms with Crippen molar-refractivity contribution in [2.75, 3.05) is 6.61 Å². The van der Waals surface area contributed by atoms with E-state index >= 15 is 0 Å². The smallest absolute Gasteiger partial charge is 0.338 e. The second-order valence-corrected chi connectivity index (χ2v) is 6.09. The van der Waals surface area contributed by atoms with Crippen LogP contribution in [-0.2, 0) is 14.3 Å². The van der Waals surface area contributed by atoms with Crippen molar-refractivity contribution in [2.45, 2.75) is 19.8 Å². The lowest BCUT2D eigenvalue weighted by Crippen LogP contribution is -2.25. The van der Waals surface area contributed by atoms with Crippen molar-refractivity contribution in [2.24, 2.45) is 5.73 Å². The van der Waals surface area contributed by atoms with Gasteiger partial charge < -0.3 is 19.6 Å². The molecule has 1 aromatic carbocycles. The second kappa shape index (κ2) is 7.90. The van der Waals surface area contributed by atoms with Crippen molar-refractivity contribution >= 4 is 11.7 Å². The molecule has 1 atom stereocenters. The van der Waals surface area contributed by atoms with E-state index in [1.165, 1.54) is 19.1 Å². The number of para-hydroxylation sites is 1. The molecule has 0 unspecified atom stereocenters. The number of hydrogen-bond donors (Lipinski definition) is 1. The number of nitro groups is 1. The maximum absolute atomic E-state index is 12.5. The largest absolute Gasteiger partial charge is 0.463 e. The van der Waals surface area contributed by atoms with E-state index in [2.05, 4.69) is 0 Å². The molecule has 0 saturated heterocycles. The third-order valence-electron chi connectivity index (χ3n) is 4.38. The monoisotopic (exact) mass is 395 g/mol. The normalized spacial score (nSPS) is 16.2. The van der Waals surface area contributed by atoms with E-state index in [9.17, 15) is 20.2 Å². The highest BCUT2D eigenvalue weighted by Gasteiger charge is 2.38. The fraction of sp³-hybridized carbons (Fsp3) is 0.200. The molecule has 0 fully saturated rings. The van der Waals surface area contributed by atoms with Crippen molar-refractivity contribution in [1.29, 1.82) is 5.26 Å². The van der Waals surface area contributed by atoms with Gasteiger partial charge in [-0.3, -0.25) is 10.1 Å². The molecule has 0 bridgehead atoms. The average molecular weight is 395 g/mol. The summed E-state index contributed by atoms with van der Waals surface area (Å²) >= 11 is 0. The number of ether oxygens (including phenoxy) is 2. The predicted octanol–water partition coefficient (Wildman–Crippen LogP) is 3.50. The van der Waals surface area contributed by atoms with Crippen molar-refractivity contribution in [1.82, 2.24) is 0 Å². The van der Waals surface area contributed by atoms with Crippen molar-refractivity contribution in [3.8, 4) is 17.4 Å². The summed E-state index contributed by atoms with van der Waals surface area (Å²) in [5.41, 5.74) is 6.05. The molecule has 2 aromatic rings. The molecule has 0 radical (unpaired) electrons. The van der Waals surface area contributed by atoms with E-state index in [1.807, 2.05) is 6.07 Å². The molecule has 29 heavy (non-hydrogen) atoms. The molecule has 2 N–H and O–H groups in total. The Morgan fingerprint density at radius 1 is 1.34 bits per heavy atom. The van der Waals surface area contributed by atoms with Gasteiger partial charge in [-0.1, -0.05) is 12.1 Å². The first-order valence-electron chi connectivity index (χ1n) is 8.68.